The molecule has 0 saturated heterocycles. The molecule has 2 aromatic rings. The zero-order chi connectivity index (χ0) is 14.4. The molecule has 0 saturated carbocycles. The summed E-state index contributed by atoms with van der Waals surface area (Å²) in [7, 11) is 0. The van der Waals surface area contributed by atoms with Gasteiger partial charge in [-0.3, -0.25) is 4.79 Å². The van der Waals surface area contributed by atoms with Gasteiger partial charge >= 0.3 is 0 Å². The Labute approximate surface area is 116 Å². The zero-order valence-electron chi connectivity index (χ0n) is 11.2. The molecule has 0 aliphatic carbocycles. The normalized spacial score (nSPS) is 11.8. The molecular weight excluding hydrogens is 258 g/mol. The van der Waals surface area contributed by atoms with Crippen molar-refractivity contribution in [2.24, 2.45) is 0 Å². The Morgan fingerprint density at radius 3 is 2.85 bits per heavy atom. The molecule has 1 aromatic heterocycles. The molecule has 2 rings (SSSR count). The van der Waals surface area contributed by atoms with Crippen molar-refractivity contribution in [1.82, 2.24) is 20.1 Å². The number of carbonyl (C=O) groups excluding carboxylic acids is 1. The number of benzene rings is 1. The maximum Gasteiger partial charge on any atom is 0.244 e. The van der Waals surface area contributed by atoms with Gasteiger partial charge in [0.2, 0.25) is 5.91 Å². The second kappa shape index (κ2) is 6.55. The van der Waals surface area contributed by atoms with Gasteiger partial charge in [-0.2, -0.15) is 5.10 Å². The van der Waals surface area contributed by atoms with Gasteiger partial charge < -0.3 is 15.8 Å². The van der Waals surface area contributed by atoms with E-state index in [4.69, 9.17) is 10.5 Å². The highest BCUT2D eigenvalue weighted by atomic mass is 16.5. The van der Waals surface area contributed by atoms with E-state index in [0.717, 1.165) is 5.75 Å². The summed E-state index contributed by atoms with van der Waals surface area (Å²) in [4.78, 5) is 15.6. The minimum Gasteiger partial charge on any atom is -0.492 e. The van der Waals surface area contributed by atoms with Crippen molar-refractivity contribution >= 4 is 11.6 Å². The van der Waals surface area contributed by atoms with Gasteiger partial charge in [-0.25, -0.2) is 9.67 Å². The van der Waals surface area contributed by atoms with E-state index in [0.29, 0.717) is 18.8 Å². The molecule has 0 aliphatic rings. The number of nitrogen functional groups attached to an aromatic ring is 1. The lowest BCUT2D eigenvalue weighted by atomic mass is 10.3. The molecule has 106 valence electrons. The number of anilines is 1. The molecule has 0 fully saturated rings. The van der Waals surface area contributed by atoms with Crippen LogP contribution >= 0.6 is 0 Å². The average Bonchev–Trinajstić information content (AvgIpc) is 2.98. The molecule has 7 heteroatoms. The van der Waals surface area contributed by atoms with Gasteiger partial charge in [-0.1, -0.05) is 0 Å². The molecule has 0 radical (unpaired) electrons. The van der Waals surface area contributed by atoms with Gasteiger partial charge in [0.05, 0.1) is 6.54 Å². The predicted molar refractivity (Wildman–Crippen MR) is 74.1 cm³/mol. The number of ether oxygens (including phenoxy) is 1. The topological polar surface area (TPSA) is 95.1 Å². The van der Waals surface area contributed by atoms with Crippen molar-refractivity contribution in [3.8, 4) is 5.75 Å². The van der Waals surface area contributed by atoms with Crippen LogP contribution in [0.4, 0.5) is 5.69 Å². The van der Waals surface area contributed by atoms with Crippen molar-refractivity contribution in [3.63, 3.8) is 0 Å². The molecule has 1 atom stereocenters. The Balaban J connectivity index is 1.70. The van der Waals surface area contributed by atoms with E-state index < -0.39 is 6.04 Å². The second-order valence-electron chi connectivity index (χ2n) is 4.26. The zero-order valence-corrected chi connectivity index (χ0v) is 11.2. The second-order valence-corrected chi connectivity index (χ2v) is 4.26. The van der Waals surface area contributed by atoms with Crippen LogP contribution in [0.5, 0.6) is 5.75 Å². The fourth-order valence-corrected chi connectivity index (χ4v) is 1.59. The lowest BCUT2D eigenvalue weighted by Gasteiger charge is -2.12. The summed E-state index contributed by atoms with van der Waals surface area (Å²) in [5.41, 5.74) is 6.26. The summed E-state index contributed by atoms with van der Waals surface area (Å²) in [5, 5.41) is 6.70. The molecule has 0 bridgehead atoms. The molecular formula is C13H17N5O2. The summed E-state index contributed by atoms with van der Waals surface area (Å²) in [6.07, 6.45) is 2.91. The number of hydrogen-bond acceptors (Lipinski definition) is 5. The highest BCUT2D eigenvalue weighted by molar-refractivity contribution is 5.79. The SMILES string of the molecule is CC(C(=O)NCCOc1ccc(N)cc1)n1cncn1. The lowest BCUT2D eigenvalue weighted by Crippen LogP contribution is -2.34. The summed E-state index contributed by atoms with van der Waals surface area (Å²) in [5.74, 6) is 0.592. The average molecular weight is 275 g/mol. The number of nitrogens with two attached hydrogens (primary N) is 1. The van der Waals surface area contributed by atoms with E-state index in [2.05, 4.69) is 15.4 Å². The molecule has 1 aromatic carbocycles. The predicted octanol–water partition coefficient (Wildman–Crippen LogP) is 0.616. The number of nitrogens with one attached hydrogen (secondary N) is 1. The molecule has 3 N–H and O–H groups in total. The fourth-order valence-electron chi connectivity index (χ4n) is 1.59. The summed E-state index contributed by atoms with van der Waals surface area (Å²) < 4.78 is 6.97. The van der Waals surface area contributed by atoms with Gasteiger partial charge in [0.25, 0.3) is 0 Å². The van der Waals surface area contributed by atoms with Crippen LogP contribution in [0, 0.1) is 0 Å². The van der Waals surface area contributed by atoms with E-state index >= 15 is 0 Å². The Hall–Kier alpha value is -2.57. The van der Waals surface area contributed by atoms with E-state index in [-0.39, 0.29) is 5.91 Å². The Morgan fingerprint density at radius 2 is 2.20 bits per heavy atom. The molecule has 0 spiro atoms. The van der Waals surface area contributed by atoms with E-state index in [1.165, 1.54) is 17.3 Å². The first-order valence-corrected chi connectivity index (χ1v) is 6.27. The first-order chi connectivity index (χ1) is 9.66. The van der Waals surface area contributed by atoms with Gasteiger partial charge in [0.15, 0.2) is 0 Å². The molecule has 1 unspecified atom stereocenters. The minimum absolute atomic E-state index is 0.128. The van der Waals surface area contributed by atoms with Crippen molar-refractivity contribution in [1.29, 1.82) is 0 Å². The van der Waals surface area contributed by atoms with Crippen LogP contribution in [0.2, 0.25) is 0 Å². The highest BCUT2D eigenvalue weighted by Crippen LogP contribution is 2.12. The van der Waals surface area contributed by atoms with Gasteiger partial charge in [0.1, 0.15) is 31.1 Å². The standard InChI is InChI=1S/C13H17N5O2/c1-10(18-9-15-8-17-18)13(19)16-6-7-20-12-4-2-11(14)3-5-12/h2-5,8-10H,6-7,14H2,1H3,(H,16,19). The van der Waals surface area contributed by atoms with Crippen LogP contribution in [-0.4, -0.2) is 33.8 Å². The van der Waals surface area contributed by atoms with E-state index in [1.54, 1.807) is 31.2 Å². The van der Waals surface area contributed by atoms with Gasteiger partial charge in [-0.05, 0) is 31.2 Å². The van der Waals surface area contributed by atoms with Gasteiger partial charge in [0, 0.05) is 5.69 Å². The van der Waals surface area contributed by atoms with E-state index in [1.807, 2.05) is 0 Å². The Bertz CT molecular complexity index is 538. The van der Waals surface area contributed by atoms with Crippen LogP contribution in [0.3, 0.4) is 0 Å². The van der Waals surface area contributed by atoms with Crippen molar-refractivity contribution in [2.75, 3.05) is 18.9 Å². The number of hydrogen-bond donors (Lipinski definition) is 2. The minimum atomic E-state index is -0.394. The van der Waals surface area contributed by atoms with Crippen molar-refractivity contribution in [3.05, 3.63) is 36.9 Å². The largest absolute Gasteiger partial charge is 0.492 e. The third-order valence-electron chi connectivity index (χ3n) is 2.76. The van der Waals surface area contributed by atoms with Crippen molar-refractivity contribution in [2.45, 2.75) is 13.0 Å². The maximum absolute atomic E-state index is 11.8. The monoisotopic (exact) mass is 275 g/mol. The number of nitrogens with zero attached hydrogens (tertiary/aromatic N) is 3. The molecule has 20 heavy (non-hydrogen) atoms. The smallest absolute Gasteiger partial charge is 0.244 e. The summed E-state index contributed by atoms with van der Waals surface area (Å²) >= 11 is 0. The molecule has 0 aliphatic heterocycles. The number of amides is 1. The Morgan fingerprint density at radius 1 is 1.45 bits per heavy atom. The summed E-state index contributed by atoms with van der Waals surface area (Å²) in [6.45, 7) is 2.56. The van der Waals surface area contributed by atoms with E-state index in [9.17, 15) is 4.79 Å². The van der Waals surface area contributed by atoms with Gasteiger partial charge in [-0.15, -0.1) is 0 Å². The molecule has 1 heterocycles. The summed E-state index contributed by atoms with van der Waals surface area (Å²) in [6, 6.07) is 6.71. The van der Waals surface area contributed by atoms with Crippen LogP contribution in [0.25, 0.3) is 0 Å². The third kappa shape index (κ3) is 3.71. The number of carbonyl (C=O) groups is 1. The van der Waals surface area contributed by atoms with Crippen LogP contribution in [0.15, 0.2) is 36.9 Å². The molecule has 1 amide bonds. The quantitative estimate of drug-likeness (QED) is 0.595. The lowest BCUT2D eigenvalue weighted by molar-refractivity contribution is -0.124. The molecule has 7 nitrogen and oxygen atoms in total. The Kier molecular flexibility index (Phi) is 4.54. The highest BCUT2D eigenvalue weighted by Gasteiger charge is 2.14. The van der Waals surface area contributed by atoms with Crippen LogP contribution in [-0.2, 0) is 4.79 Å². The van der Waals surface area contributed by atoms with Crippen molar-refractivity contribution < 1.29 is 9.53 Å². The maximum atomic E-state index is 11.8. The number of rotatable bonds is 6. The van der Waals surface area contributed by atoms with Crippen LogP contribution in [0.1, 0.15) is 13.0 Å². The third-order valence-corrected chi connectivity index (χ3v) is 2.76. The van der Waals surface area contributed by atoms with Crippen LogP contribution < -0.4 is 15.8 Å². The first-order valence-electron chi connectivity index (χ1n) is 6.27. The number of aromatic nitrogens is 3. The first kappa shape index (κ1) is 13.9. The fraction of sp³-hybridized carbons (Fsp3) is 0.308.